The summed E-state index contributed by atoms with van der Waals surface area (Å²) >= 11 is 9.06. The van der Waals surface area contributed by atoms with Gasteiger partial charge in [0.25, 0.3) is 11.8 Å². The van der Waals surface area contributed by atoms with Crippen molar-refractivity contribution in [3.63, 3.8) is 0 Å². The maximum atomic E-state index is 13.9. The van der Waals surface area contributed by atoms with Gasteiger partial charge < -0.3 is 14.8 Å². The molecule has 10 nitrogen and oxygen atoms in total. The molecule has 3 heterocycles. The van der Waals surface area contributed by atoms with Crippen LogP contribution < -0.4 is 14.8 Å². The van der Waals surface area contributed by atoms with Crippen molar-refractivity contribution >= 4 is 52.2 Å². The highest BCUT2D eigenvalue weighted by Crippen LogP contribution is 2.42. The number of carbonyl (C=O) groups excluding carboxylic acids is 2. The Hall–Kier alpha value is -4.72. The van der Waals surface area contributed by atoms with Crippen LogP contribution in [0.15, 0.2) is 94.5 Å². The predicted octanol–water partition coefficient (Wildman–Crippen LogP) is 6.54. The van der Waals surface area contributed by atoms with Gasteiger partial charge in [0.15, 0.2) is 22.5 Å². The average Bonchev–Trinajstić information content (AvgIpc) is 3.86. The van der Waals surface area contributed by atoms with Gasteiger partial charge >= 0.3 is 0 Å². The smallest absolute Gasteiger partial charge is 0.253 e. The predicted molar refractivity (Wildman–Crippen MR) is 179 cm³/mol. The molecule has 2 amide bonds. The fourth-order valence-electron chi connectivity index (χ4n) is 5.21. The number of methoxy groups -OCH3 is 2. The molecule has 0 spiro atoms. The lowest BCUT2D eigenvalue weighted by Gasteiger charge is -2.24. The molecule has 1 N–H and O–H groups in total. The Morgan fingerprint density at radius 2 is 1.87 bits per heavy atom. The van der Waals surface area contributed by atoms with Gasteiger partial charge in [-0.25, -0.2) is 9.40 Å². The van der Waals surface area contributed by atoms with Crippen molar-refractivity contribution in [3.8, 4) is 17.2 Å². The van der Waals surface area contributed by atoms with Gasteiger partial charge in [-0.15, -0.1) is 21.5 Å². The number of halogens is 2. The summed E-state index contributed by atoms with van der Waals surface area (Å²) in [7, 11) is 3.14. The maximum absolute atomic E-state index is 13.9. The lowest BCUT2D eigenvalue weighted by atomic mass is 9.99. The molecular formula is C33H28ClFN6O4S2. The third-order valence-corrected chi connectivity index (χ3v) is 9.42. The van der Waals surface area contributed by atoms with E-state index in [1.165, 1.54) is 35.0 Å². The molecule has 1 atom stereocenters. The Balaban J connectivity index is 1.27. The molecule has 3 aromatic carbocycles. The fourth-order valence-corrected chi connectivity index (χ4v) is 6.94. The van der Waals surface area contributed by atoms with Crippen LogP contribution in [0.25, 0.3) is 5.69 Å². The van der Waals surface area contributed by atoms with E-state index < -0.39 is 17.8 Å². The summed E-state index contributed by atoms with van der Waals surface area (Å²) in [4.78, 5) is 27.7. The summed E-state index contributed by atoms with van der Waals surface area (Å²) in [5, 5.41) is 20.6. The van der Waals surface area contributed by atoms with Crippen molar-refractivity contribution in [2.45, 2.75) is 24.2 Å². The van der Waals surface area contributed by atoms with Crippen LogP contribution in [0.3, 0.4) is 0 Å². The third kappa shape index (κ3) is 7.02. The van der Waals surface area contributed by atoms with E-state index in [1.807, 2.05) is 35.7 Å². The van der Waals surface area contributed by atoms with E-state index in [0.29, 0.717) is 39.6 Å². The second kappa shape index (κ2) is 14.4. The highest BCUT2D eigenvalue weighted by atomic mass is 35.5. The summed E-state index contributed by atoms with van der Waals surface area (Å²) in [6.07, 6.45) is 0.494. The van der Waals surface area contributed by atoms with Gasteiger partial charge in [-0.2, -0.15) is 5.10 Å². The zero-order valence-corrected chi connectivity index (χ0v) is 27.6. The van der Waals surface area contributed by atoms with Gasteiger partial charge in [0.2, 0.25) is 0 Å². The molecule has 0 saturated heterocycles. The number of hydrogen-bond acceptors (Lipinski definition) is 9. The molecule has 6 rings (SSSR count). The van der Waals surface area contributed by atoms with Gasteiger partial charge in [0, 0.05) is 22.6 Å². The number of thiophene rings is 1. The lowest BCUT2D eigenvalue weighted by molar-refractivity contribution is -0.130. The minimum atomic E-state index is -0.514. The number of nitrogens with one attached hydrogen (secondary N) is 1. The number of hydrogen-bond donors (Lipinski definition) is 1. The summed E-state index contributed by atoms with van der Waals surface area (Å²) < 4.78 is 26.7. The lowest BCUT2D eigenvalue weighted by Crippen LogP contribution is -2.29. The second-order valence-corrected chi connectivity index (χ2v) is 12.6. The van der Waals surface area contributed by atoms with E-state index in [0.717, 1.165) is 22.2 Å². The molecule has 2 aromatic heterocycles. The molecule has 14 heteroatoms. The fraction of sp³-hybridized carbons (Fsp3) is 0.182. The highest BCUT2D eigenvalue weighted by molar-refractivity contribution is 7.99. The minimum absolute atomic E-state index is 0.0122. The van der Waals surface area contributed by atoms with E-state index in [1.54, 1.807) is 54.4 Å². The molecular weight excluding hydrogens is 663 g/mol. The average molecular weight is 691 g/mol. The number of rotatable bonds is 11. The molecule has 0 fully saturated rings. The van der Waals surface area contributed by atoms with Crippen LogP contribution in [0.5, 0.6) is 11.5 Å². The molecule has 0 aliphatic carbocycles. The molecule has 0 radical (unpaired) electrons. The van der Waals surface area contributed by atoms with Crippen LogP contribution in [0.4, 0.5) is 4.39 Å². The number of aromatic nitrogens is 3. The van der Waals surface area contributed by atoms with E-state index in [9.17, 15) is 14.0 Å². The molecule has 1 aliphatic rings. The second-order valence-electron chi connectivity index (χ2n) is 10.3. The van der Waals surface area contributed by atoms with Gasteiger partial charge in [-0.05, 0) is 53.9 Å². The van der Waals surface area contributed by atoms with Crippen LogP contribution in [0, 0.1) is 5.82 Å². The van der Waals surface area contributed by atoms with Crippen LogP contribution in [-0.2, 0) is 11.3 Å². The first-order valence-electron chi connectivity index (χ1n) is 14.4. The number of para-hydroxylation sites is 1. The molecule has 0 bridgehead atoms. The van der Waals surface area contributed by atoms with E-state index in [4.69, 9.17) is 26.2 Å². The number of carbonyl (C=O) groups is 2. The topological polar surface area (TPSA) is 111 Å². The van der Waals surface area contributed by atoms with Gasteiger partial charge in [0.05, 0.1) is 48.8 Å². The summed E-state index contributed by atoms with van der Waals surface area (Å²) in [6.45, 7) is -0.0122. The zero-order chi connectivity index (χ0) is 32.9. The summed E-state index contributed by atoms with van der Waals surface area (Å²) in [5.74, 6) is 0.241. The number of thioether (sulfide) groups is 1. The Labute approximate surface area is 283 Å². The van der Waals surface area contributed by atoms with Crippen LogP contribution >= 0.6 is 34.7 Å². The van der Waals surface area contributed by atoms with Crippen molar-refractivity contribution in [2.24, 2.45) is 5.10 Å². The largest absolute Gasteiger partial charge is 0.493 e. The molecule has 47 heavy (non-hydrogen) atoms. The maximum Gasteiger partial charge on any atom is 0.253 e. The molecule has 1 aliphatic heterocycles. The minimum Gasteiger partial charge on any atom is -0.493 e. The SMILES string of the molecule is COc1cccc(C2CC(c3cccs3)=NN2C(=O)CSc2nnc(CNC(=O)c3cccc(F)c3)n2-c2cccc(Cl)c2)c1OC. The molecule has 0 saturated carbocycles. The Morgan fingerprint density at radius 1 is 1.04 bits per heavy atom. The van der Waals surface area contributed by atoms with Crippen molar-refractivity contribution in [1.29, 1.82) is 0 Å². The number of benzene rings is 3. The van der Waals surface area contributed by atoms with E-state index in [-0.39, 0.29) is 23.8 Å². The molecule has 240 valence electrons. The van der Waals surface area contributed by atoms with Crippen LogP contribution in [0.2, 0.25) is 5.02 Å². The normalized spacial score (nSPS) is 14.2. The summed E-state index contributed by atoms with van der Waals surface area (Å²) in [5.41, 5.74) is 2.39. The first kappa shape index (κ1) is 32.2. The van der Waals surface area contributed by atoms with Crippen LogP contribution in [0.1, 0.15) is 39.1 Å². The van der Waals surface area contributed by atoms with Crippen molar-refractivity contribution < 1.29 is 23.5 Å². The van der Waals surface area contributed by atoms with Gasteiger partial charge in [-0.3, -0.25) is 14.2 Å². The quantitative estimate of drug-likeness (QED) is 0.157. The van der Waals surface area contributed by atoms with Gasteiger partial charge in [0.1, 0.15) is 5.82 Å². The van der Waals surface area contributed by atoms with Crippen molar-refractivity contribution in [3.05, 3.63) is 117 Å². The van der Waals surface area contributed by atoms with Crippen LogP contribution in [-0.4, -0.2) is 57.3 Å². The third-order valence-electron chi connectivity index (χ3n) is 7.35. The van der Waals surface area contributed by atoms with Crippen molar-refractivity contribution in [1.82, 2.24) is 25.1 Å². The standard InChI is InChI=1S/C33H28ClFN6O4S2/c1-44-27-12-5-11-24(31(27)45-2)26-17-25(28-13-6-14-46-28)39-41(26)30(42)19-47-33-38-37-29(40(33)23-10-4-8-21(34)16-23)18-36-32(43)20-7-3-9-22(35)15-20/h3-16,26H,17-19H2,1-2H3,(H,36,43). The van der Waals surface area contributed by atoms with Gasteiger partial charge in [-0.1, -0.05) is 53.7 Å². The first-order chi connectivity index (χ1) is 22.9. The van der Waals surface area contributed by atoms with E-state index in [2.05, 4.69) is 15.5 Å². The zero-order valence-electron chi connectivity index (χ0n) is 25.2. The van der Waals surface area contributed by atoms with Crippen molar-refractivity contribution in [2.75, 3.05) is 20.0 Å². The summed E-state index contributed by atoms with van der Waals surface area (Å²) in [6, 6.07) is 21.6. The number of nitrogens with zero attached hydrogens (tertiary/aromatic N) is 5. The highest BCUT2D eigenvalue weighted by Gasteiger charge is 2.36. The first-order valence-corrected chi connectivity index (χ1v) is 16.6. The number of ether oxygens (including phenoxy) is 2. The Kier molecular flexibility index (Phi) is 9.85. The monoisotopic (exact) mass is 690 g/mol. The Bertz CT molecular complexity index is 1950. The molecule has 1 unspecified atom stereocenters. The Morgan fingerprint density at radius 3 is 2.62 bits per heavy atom. The number of amides is 2. The molecule has 5 aromatic rings. The number of hydrazone groups is 1. The van der Waals surface area contributed by atoms with E-state index >= 15 is 0 Å².